The SMILES string of the molecule is O=C(COc1cc2oc(=O)c3c(c2cc1Cl)CCC3)NC[C@H]1CCCO1. The van der Waals surface area contributed by atoms with E-state index in [2.05, 4.69) is 5.32 Å². The van der Waals surface area contributed by atoms with Crippen molar-refractivity contribution in [2.45, 2.75) is 38.2 Å². The average Bonchev–Trinajstić information content (AvgIpc) is 3.31. The van der Waals surface area contributed by atoms with Crippen LogP contribution in [0.3, 0.4) is 0 Å². The summed E-state index contributed by atoms with van der Waals surface area (Å²) in [6, 6.07) is 3.34. The van der Waals surface area contributed by atoms with Crippen LogP contribution in [0, 0.1) is 0 Å². The molecule has 1 amide bonds. The first-order valence-corrected chi connectivity index (χ1v) is 9.29. The highest BCUT2D eigenvalue weighted by Gasteiger charge is 2.21. The number of rotatable bonds is 5. The van der Waals surface area contributed by atoms with Gasteiger partial charge in [-0.2, -0.15) is 0 Å². The Balaban J connectivity index is 1.46. The van der Waals surface area contributed by atoms with Crippen molar-refractivity contribution in [3.05, 3.63) is 38.7 Å². The highest BCUT2D eigenvalue weighted by molar-refractivity contribution is 6.32. The number of hydrogen-bond donors (Lipinski definition) is 1. The zero-order chi connectivity index (χ0) is 18.1. The smallest absolute Gasteiger partial charge is 0.339 e. The molecule has 0 bridgehead atoms. The number of amides is 1. The fourth-order valence-electron chi connectivity index (χ4n) is 3.62. The molecular weight excluding hydrogens is 358 g/mol. The highest BCUT2D eigenvalue weighted by atomic mass is 35.5. The van der Waals surface area contributed by atoms with Gasteiger partial charge in [-0.05, 0) is 43.7 Å². The molecule has 2 heterocycles. The van der Waals surface area contributed by atoms with Crippen molar-refractivity contribution in [3.63, 3.8) is 0 Å². The molecule has 26 heavy (non-hydrogen) atoms. The maximum Gasteiger partial charge on any atom is 0.339 e. The van der Waals surface area contributed by atoms with Gasteiger partial charge in [0.15, 0.2) is 6.61 Å². The Hall–Kier alpha value is -2.05. The molecule has 1 N–H and O–H groups in total. The summed E-state index contributed by atoms with van der Waals surface area (Å²) in [5, 5.41) is 4.03. The predicted molar refractivity (Wildman–Crippen MR) is 97.0 cm³/mol. The molecule has 138 valence electrons. The molecule has 4 rings (SSSR count). The van der Waals surface area contributed by atoms with E-state index in [1.54, 1.807) is 12.1 Å². The van der Waals surface area contributed by atoms with E-state index in [-0.39, 0.29) is 24.2 Å². The van der Waals surface area contributed by atoms with Gasteiger partial charge in [0.2, 0.25) is 0 Å². The largest absolute Gasteiger partial charge is 0.482 e. The van der Waals surface area contributed by atoms with Gasteiger partial charge in [-0.3, -0.25) is 4.79 Å². The molecule has 0 radical (unpaired) electrons. The topological polar surface area (TPSA) is 77.8 Å². The summed E-state index contributed by atoms with van der Waals surface area (Å²) in [4.78, 5) is 24.0. The monoisotopic (exact) mass is 377 g/mol. The molecule has 6 nitrogen and oxygen atoms in total. The minimum Gasteiger partial charge on any atom is -0.482 e. The minimum atomic E-state index is -0.299. The second-order valence-corrected chi connectivity index (χ2v) is 7.11. The van der Waals surface area contributed by atoms with Gasteiger partial charge in [-0.1, -0.05) is 11.6 Å². The molecule has 2 aliphatic rings. The van der Waals surface area contributed by atoms with E-state index in [0.717, 1.165) is 55.2 Å². The van der Waals surface area contributed by atoms with Crippen molar-refractivity contribution in [2.24, 2.45) is 0 Å². The number of carbonyl (C=O) groups excluding carboxylic acids is 1. The Bertz CT molecular complexity index is 901. The lowest BCUT2D eigenvalue weighted by molar-refractivity contribution is -0.123. The summed E-state index contributed by atoms with van der Waals surface area (Å²) >= 11 is 6.31. The number of halogens is 1. The van der Waals surface area contributed by atoms with E-state index in [1.165, 1.54) is 0 Å². The Morgan fingerprint density at radius 1 is 1.27 bits per heavy atom. The van der Waals surface area contributed by atoms with Crippen LogP contribution in [0.4, 0.5) is 0 Å². The summed E-state index contributed by atoms with van der Waals surface area (Å²) in [6.07, 6.45) is 4.60. The normalized spacial score (nSPS) is 18.9. The van der Waals surface area contributed by atoms with E-state index in [1.807, 2.05) is 0 Å². The van der Waals surface area contributed by atoms with Gasteiger partial charge in [-0.15, -0.1) is 0 Å². The third-order valence-corrected chi connectivity index (χ3v) is 5.23. The van der Waals surface area contributed by atoms with Crippen LogP contribution in [0.25, 0.3) is 11.0 Å². The van der Waals surface area contributed by atoms with Crippen molar-refractivity contribution in [3.8, 4) is 5.75 Å². The molecule has 2 aromatic rings. The Kier molecular flexibility index (Phi) is 4.87. The van der Waals surface area contributed by atoms with Crippen molar-refractivity contribution in [1.82, 2.24) is 5.32 Å². The van der Waals surface area contributed by atoms with Gasteiger partial charge < -0.3 is 19.2 Å². The van der Waals surface area contributed by atoms with Gasteiger partial charge in [0.05, 0.1) is 11.1 Å². The first-order chi connectivity index (χ1) is 12.6. The molecular formula is C19H20ClNO5. The summed E-state index contributed by atoms with van der Waals surface area (Å²) in [7, 11) is 0. The van der Waals surface area contributed by atoms with Crippen molar-refractivity contribution in [1.29, 1.82) is 0 Å². The Labute approximate surface area is 155 Å². The number of ether oxygens (including phenoxy) is 2. The predicted octanol–water partition coefficient (Wildman–Crippen LogP) is 2.61. The highest BCUT2D eigenvalue weighted by Crippen LogP contribution is 2.34. The molecule has 7 heteroatoms. The lowest BCUT2D eigenvalue weighted by atomic mass is 10.1. The van der Waals surface area contributed by atoms with Crippen LogP contribution in [0.2, 0.25) is 5.02 Å². The molecule has 1 fully saturated rings. The molecule has 0 spiro atoms. The van der Waals surface area contributed by atoms with Crippen LogP contribution >= 0.6 is 11.6 Å². The van der Waals surface area contributed by atoms with Gasteiger partial charge in [0, 0.05) is 30.2 Å². The number of benzene rings is 1. The molecule has 1 aromatic heterocycles. The van der Waals surface area contributed by atoms with Crippen LogP contribution in [-0.4, -0.2) is 31.8 Å². The van der Waals surface area contributed by atoms with Gasteiger partial charge in [0.1, 0.15) is 11.3 Å². The Morgan fingerprint density at radius 2 is 2.12 bits per heavy atom. The quantitative estimate of drug-likeness (QED) is 0.810. The van der Waals surface area contributed by atoms with Crippen LogP contribution in [-0.2, 0) is 22.4 Å². The number of carbonyl (C=O) groups is 1. The number of aryl methyl sites for hydroxylation is 1. The van der Waals surface area contributed by atoms with Crippen LogP contribution in [0.5, 0.6) is 5.75 Å². The van der Waals surface area contributed by atoms with E-state index in [0.29, 0.717) is 22.9 Å². The van der Waals surface area contributed by atoms with Crippen molar-refractivity contribution >= 4 is 28.5 Å². The zero-order valence-electron chi connectivity index (χ0n) is 14.3. The standard InChI is InChI=1S/C19H20ClNO5/c20-15-7-14-12-4-1-5-13(12)19(23)26-16(14)8-17(15)25-10-18(22)21-9-11-3-2-6-24-11/h7-8,11H,1-6,9-10H2,(H,21,22)/t11-/m1/s1. The fourth-order valence-corrected chi connectivity index (χ4v) is 3.84. The lowest BCUT2D eigenvalue weighted by Gasteiger charge is -2.13. The zero-order valence-corrected chi connectivity index (χ0v) is 15.1. The molecule has 1 saturated heterocycles. The summed E-state index contributed by atoms with van der Waals surface area (Å²) in [6.45, 7) is 1.07. The third kappa shape index (κ3) is 3.44. The maximum absolute atomic E-state index is 12.1. The average molecular weight is 378 g/mol. The molecule has 1 aliphatic heterocycles. The number of hydrogen-bond acceptors (Lipinski definition) is 5. The van der Waals surface area contributed by atoms with E-state index < -0.39 is 0 Å². The van der Waals surface area contributed by atoms with Crippen LogP contribution in [0.15, 0.2) is 21.3 Å². The van der Waals surface area contributed by atoms with E-state index >= 15 is 0 Å². The second kappa shape index (κ2) is 7.29. The minimum absolute atomic E-state index is 0.0829. The molecule has 0 saturated carbocycles. The summed E-state index contributed by atoms with van der Waals surface area (Å²) < 4.78 is 16.4. The third-order valence-electron chi connectivity index (χ3n) is 4.94. The fraction of sp³-hybridized carbons (Fsp3) is 0.474. The first-order valence-electron chi connectivity index (χ1n) is 8.91. The Morgan fingerprint density at radius 3 is 2.92 bits per heavy atom. The number of nitrogens with one attached hydrogen (secondary N) is 1. The molecule has 1 atom stereocenters. The molecule has 1 aliphatic carbocycles. The van der Waals surface area contributed by atoms with Crippen molar-refractivity contribution in [2.75, 3.05) is 19.8 Å². The molecule has 0 unspecified atom stereocenters. The molecule has 1 aromatic carbocycles. The van der Waals surface area contributed by atoms with Gasteiger partial charge >= 0.3 is 5.63 Å². The summed E-state index contributed by atoms with van der Waals surface area (Å²) in [5.41, 5.74) is 1.90. The summed E-state index contributed by atoms with van der Waals surface area (Å²) in [5.74, 6) is 0.0830. The maximum atomic E-state index is 12.1. The van der Waals surface area contributed by atoms with Crippen molar-refractivity contribution < 1.29 is 18.7 Å². The number of fused-ring (bicyclic) bond motifs is 3. The van der Waals surface area contributed by atoms with E-state index in [4.69, 9.17) is 25.5 Å². The first kappa shape index (κ1) is 17.4. The van der Waals surface area contributed by atoms with Crippen LogP contribution < -0.4 is 15.7 Å². The van der Waals surface area contributed by atoms with E-state index in [9.17, 15) is 9.59 Å². The van der Waals surface area contributed by atoms with Gasteiger partial charge in [0.25, 0.3) is 5.91 Å². The van der Waals surface area contributed by atoms with Gasteiger partial charge in [-0.25, -0.2) is 4.79 Å². The lowest BCUT2D eigenvalue weighted by Crippen LogP contribution is -2.35. The second-order valence-electron chi connectivity index (χ2n) is 6.71. The van der Waals surface area contributed by atoms with Crippen LogP contribution in [0.1, 0.15) is 30.4 Å².